The Balaban J connectivity index is 0.00000124. The quantitative estimate of drug-likeness (QED) is 0.0466. The van der Waals surface area contributed by atoms with Crippen molar-refractivity contribution < 1.29 is 14.3 Å². The molecule has 1 unspecified atom stereocenters. The number of hydrogen-bond donors (Lipinski definition) is 2. The molecule has 4 atom stereocenters. The molecule has 0 aliphatic carbocycles. The zero-order valence-electron chi connectivity index (χ0n) is 32.0. The number of rotatable bonds is 20. The Morgan fingerprint density at radius 1 is 1.04 bits per heavy atom. The molecule has 0 bridgehead atoms. The molecule has 6 nitrogen and oxygen atoms in total. The van der Waals surface area contributed by atoms with Crippen LogP contribution in [0.4, 0.5) is 0 Å². The summed E-state index contributed by atoms with van der Waals surface area (Å²) in [7, 11) is 0. The van der Waals surface area contributed by atoms with Crippen LogP contribution in [0.2, 0.25) is 0 Å². The number of dihydropyridines is 1. The average molecular weight is 700 g/mol. The van der Waals surface area contributed by atoms with Crippen LogP contribution in [0.5, 0.6) is 0 Å². The molecule has 2 aliphatic heterocycles. The Labute approximate surface area is 311 Å². The maximum absolute atomic E-state index is 10.6. The van der Waals surface area contributed by atoms with Crippen molar-refractivity contribution >= 4 is 17.7 Å². The predicted octanol–water partition coefficient (Wildman–Crippen LogP) is 11.5. The highest BCUT2D eigenvalue weighted by atomic mass is 16.6. The van der Waals surface area contributed by atoms with Crippen LogP contribution in [0.1, 0.15) is 112 Å². The van der Waals surface area contributed by atoms with E-state index in [0.717, 1.165) is 41.9 Å². The second-order valence-corrected chi connectivity index (χ2v) is 12.7. The molecule has 0 saturated carbocycles. The van der Waals surface area contributed by atoms with Crippen molar-refractivity contribution in [3.8, 4) is 0 Å². The van der Waals surface area contributed by atoms with Crippen molar-refractivity contribution in [3.05, 3.63) is 115 Å². The molecule has 282 valence electrons. The third-order valence-electron chi connectivity index (χ3n) is 8.75. The molecule has 2 heterocycles. The fourth-order valence-corrected chi connectivity index (χ4v) is 6.15. The molecule has 2 N–H and O–H groups in total. The maximum atomic E-state index is 10.6. The van der Waals surface area contributed by atoms with Crippen LogP contribution in [0, 0.1) is 17.2 Å². The van der Waals surface area contributed by atoms with Gasteiger partial charge in [-0.1, -0.05) is 119 Å². The van der Waals surface area contributed by atoms with Crippen LogP contribution >= 0.6 is 0 Å². The van der Waals surface area contributed by atoms with Gasteiger partial charge >= 0.3 is 0 Å². The summed E-state index contributed by atoms with van der Waals surface area (Å²) in [5.41, 5.74) is 7.05. The van der Waals surface area contributed by atoms with E-state index in [2.05, 4.69) is 61.4 Å². The second-order valence-electron chi connectivity index (χ2n) is 12.7. The highest BCUT2D eigenvalue weighted by molar-refractivity contribution is 5.98. The zero-order valence-corrected chi connectivity index (χ0v) is 32.0. The summed E-state index contributed by atoms with van der Waals surface area (Å²) >= 11 is 0. The minimum atomic E-state index is -0.988. The number of ketones is 1. The van der Waals surface area contributed by atoms with Gasteiger partial charge in [0, 0.05) is 37.4 Å². The molecule has 0 spiro atoms. The normalized spacial score (nSPS) is 20.5. The van der Waals surface area contributed by atoms with Crippen LogP contribution in [-0.4, -0.2) is 42.6 Å². The summed E-state index contributed by atoms with van der Waals surface area (Å²) in [4.78, 5) is 15.2. The average Bonchev–Trinajstić information content (AvgIpc) is 3.46. The molecule has 1 saturated heterocycles. The summed E-state index contributed by atoms with van der Waals surface area (Å²) in [6.45, 7) is 28.6. The molecule has 3 rings (SSSR count). The summed E-state index contributed by atoms with van der Waals surface area (Å²) in [6, 6.07) is 10.1. The van der Waals surface area contributed by atoms with E-state index >= 15 is 0 Å². The lowest BCUT2D eigenvalue weighted by atomic mass is 9.77. The van der Waals surface area contributed by atoms with Crippen molar-refractivity contribution in [3.63, 3.8) is 0 Å². The first-order chi connectivity index (χ1) is 24.1. The van der Waals surface area contributed by atoms with Gasteiger partial charge in [0.15, 0.2) is 0 Å². The minimum Gasteiger partial charge on any atom is -0.487 e. The predicted molar refractivity (Wildman–Crippen MR) is 221 cm³/mol. The van der Waals surface area contributed by atoms with E-state index in [9.17, 15) is 4.79 Å². The molecular weight excluding hydrogens is 631 g/mol. The van der Waals surface area contributed by atoms with Crippen LogP contribution in [0.15, 0.2) is 114 Å². The van der Waals surface area contributed by atoms with Crippen LogP contribution in [0.3, 0.4) is 0 Å². The van der Waals surface area contributed by atoms with Gasteiger partial charge in [0.1, 0.15) is 29.9 Å². The molecule has 1 fully saturated rings. The number of carbonyl (C=O) groups excluding carboxylic acids is 1. The van der Waals surface area contributed by atoms with Crippen LogP contribution < -0.4 is 5.32 Å². The van der Waals surface area contributed by atoms with E-state index in [4.69, 9.17) is 14.9 Å². The largest absolute Gasteiger partial charge is 0.487 e. The van der Waals surface area contributed by atoms with Crippen molar-refractivity contribution in [1.82, 2.24) is 5.32 Å². The lowest BCUT2D eigenvalue weighted by molar-refractivity contribution is -0.117. The Morgan fingerprint density at radius 3 is 2.20 bits per heavy atom. The van der Waals surface area contributed by atoms with Crippen molar-refractivity contribution in [2.45, 2.75) is 125 Å². The minimum absolute atomic E-state index is 0. The third-order valence-corrected chi connectivity index (χ3v) is 8.75. The van der Waals surface area contributed by atoms with Crippen LogP contribution in [0.25, 0.3) is 0 Å². The monoisotopic (exact) mass is 700 g/mol. The van der Waals surface area contributed by atoms with E-state index in [1.807, 2.05) is 70.2 Å². The maximum Gasteiger partial charge on any atom is 0.149 e. The van der Waals surface area contributed by atoms with Crippen LogP contribution in [-0.2, 0) is 20.7 Å². The van der Waals surface area contributed by atoms with Crippen molar-refractivity contribution in [2.24, 2.45) is 16.8 Å². The first-order valence-electron chi connectivity index (χ1n) is 18.5. The SMILES string of the molecule is C.C=C(C)CCCCCCCCC(C)=O.C=C=C(Cc1ccccc1)OC[C@@H]1O[C@](C=N)(C2=CCC=C(C(C)=NCC)N2)[C@@H](C=C)C1C=C.CC. The van der Waals surface area contributed by atoms with Gasteiger partial charge < -0.3 is 25.0 Å². The van der Waals surface area contributed by atoms with Gasteiger partial charge in [0.05, 0.1) is 17.1 Å². The standard InChI is InChI=1S/C29H35N3O2.C13H24O.C2H6.CH4/c1-6-23(18-22-14-11-10-12-15-22)33-19-27-24(7-2)25(8-3)29(20-30,34-27)28-17-13-16-26(32-28)21(5)31-9-4;1-12(2)10-8-6-4-5-7-9-11-13(3)14;1-2;/h7-8,10-12,14-17,20,24-25,27,30,32H,1-3,9,13,18-19H2,4-5H3;1,4-11H2,2-3H3;1-2H3;1H4/t24?,25-,27-,29-;;;/m0.../s1. The number of carbonyl (C=O) groups is 1. The molecule has 51 heavy (non-hydrogen) atoms. The summed E-state index contributed by atoms with van der Waals surface area (Å²) < 4.78 is 12.7. The number of benzene rings is 1. The van der Waals surface area contributed by atoms with Gasteiger partial charge in [-0.25, -0.2) is 0 Å². The van der Waals surface area contributed by atoms with E-state index in [1.165, 1.54) is 50.3 Å². The summed E-state index contributed by atoms with van der Waals surface area (Å²) in [5.74, 6) is 0.728. The number of allylic oxidation sites excluding steroid dienone is 5. The molecule has 1 aromatic carbocycles. The second kappa shape index (κ2) is 26.8. The van der Waals surface area contributed by atoms with Gasteiger partial charge in [0.25, 0.3) is 0 Å². The first kappa shape index (κ1) is 47.0. The fourth-order valence-electron chi connectivity index (χ4n) is 6.15. The smallest absolute Gasteiger partial charge is 0.149 e. The molecule has 2 aliphatic rings. The van der Waals surface area contributed by atoms with Gasteiger partial charge in [-0.05, 0) is 58.9 Å². The number of nitrogens with zero attached hydrogens (tertiary/aromatic N) is 1. The number of ether oxygens (including phenoxy) is 2. The molecule has 6 heteroatoms. The number of hydrogen-bond acceptors (Lipinski definition) is 6. The molecule has 0 radical (unpaired) electrons. The van der Waals surface area contributed by atoms with E-state index < -0.39 is 5.60 Å². The van der Waals surface area contributed by atoms with E-state index in [-0.39, 0.29) is 25.4 Å². The Morgan fingerprint density at radius 2 is 1.67 bits per heavy atom. The number of unbranched alkanes of at least 4 members (excludes halogenated alkanes) is 5. The molecular formula is C45H69N3O3. The van der Waals surface area contributed by atoms with Crippen molar-refractivity contribution in [1.29, 1.82) is 5.41 Å². The molecule has 0 aromatic heterocycles. The van der Waals surface area contributed by atoms with E-state index in [0.29, 0.717) is 31.1 Å². The Hall–Kier alpha value is -3.99. The van der Waals surface area contributed by atoms with Gasteiger partial charge in [-0.3, -0.25) is 4.99 Å². The zero-order chi connectivity index (χ0) is 37.4. The topological polar surface area (TPSA) is 83.8 Å². The first-order valence-corrected chi connectivity index (χ1v) is 18.5. The van der Waals surface area contributed by atoms with Gasteiger partial charge in [-0.15, -0.1) is 19.7 Å². The number of Topliss-reactive ketones (excluding diaryl/α,β-unsaturated/α-hetero) is 1. The van der Waals surface area contributed by atoms with Gasteiger partial charge in [-0.2, -0.15) is 0 Å². The third kappa shape index (κ3) is 15.8. The van der Waals surface area contributed by atoms with Crippen molar-refractivity contribution in [2.75, 3.05) is 13.2 Å². The molecule has 0 amide bonds. The lowest BCUT2D eigenvalue weighted by Gasteiger charge is -2.35. The fraction of sp³-hybridized carbons (Fsp3) is 0.511. The Kier molecular flexibility index (Phi) is 24.7. The lowest BCUT2D eigenvalue weighted by Crippen LogP contribution is -2.46. The summed E-state index contributed by atoms with van der Waals surface area (Å²) in [5, 5.41) is 11.9. The molecule has 1 aromatic rings. The number of aliphatic imine (C=N–C) groups is 1. The number of nitrogens with one attached hydrogen (secondary N) is 2. The highest BCUT2D eigenvalue weighted by Gasteiger charge is 2.54. The van der Waals surface area contributed by atoms with Gasteiger partial charge in [0.2, 0.25) is 0 Å². The summed E-state index contributed by atoms with van der Waals surface area (Å²) in [6.07, 6.45) is 19.7. The Bertz CT molecular complexity index is 1350. The van der Waals surface area contributed by atoms with E-state index in [1.54, 1.807) is 6.92 Å². The highest BCUT2D eigenvalue weighted by Crippen LogP contribution is 2.45.